The van der Waals surface area contributed by atoms with Gasteiger partial charge in [-0.2, -0.15) is 4.79 Å². The summed E-state index contributed by atoms with van der Waals surface area (Å²) in [4.78, 5) is 27.4. The van der Waals surface area contributed by atoms with Gasteiger partial charge in [-0.1, -0.05) is 0 Å². The molecule has 154 valence electrons. The topological polar surface area (TPSA) is 124 Å². The molecule has 0 aromatic rings. The average Bonchev–Trinajstić information content (AvgIpc) is 3.41. The summed E-state index contributed by atoms with van der Waals surface area (Å²) in [6, 6.07) is -0.906. The second-order valence-corrected chi connectivity index (χ2v) is 8.49. The minimum absolute atomic E-state index is 0.0208. The molecule has 1 saturated carbocycles. The van der Waals surface area contributed by atoms with Crippen LogP contribution in [0.4, 0.5) is 4.79 Å². The van der Waals surface area contributed by atoms with Crippen molar-refractivity contribution in [3.05, 3.63) is 5.21 Å². The van der Waals surface area contributed by atoms with Gasteiger partial charge in [0.05, 0.1) is 19.3 Å². The van der Waals surface area contributed by atoms with E-state index in [0.717, 1.165) is 19.3 Å². The van der Waals surface area contributed by atoms with Gasteiger partial charge in [0.2, 0.25) is 5.91 Å². The summed E-state index contributed by atoms with van der Waals surface area (Å²) >= 11 is 0. The number of quaternary nitrogens is 1. The van der Waals surface area contributed by atoms with Crippen LogP contribution in [0.15, 0.2) is 0 Å². The van der Waals surface area contributed by atoms with Gasteiger partial charge in [-0.15, -0.1) is 0 Å². The van der Waals surface area contributed by atoms with E-state index >= 15 is 0 Å². The number of carbonyl (C=O) groups is 2. The molecule has 4 atom stereocenters. The van der Waals surface area contributed by atoms with Gasteiger partial charge < -0.3 is 25.4 Å². The van der Waals surface area contributed by atoms with Gasteiger partial charge in [0.25, 0.3) is 0 Å². The third kappa shape index (κ3) is 3.97. The third-order valence-corrected chi connectivity index (χ3v) is 6.90. The Hall–Kier alpha value is -1.26. The predicted molar refractivity (Wildman–Crippen MR) is 96.5 cm³/mol. The maximum absolute atomic E-state index is 12.5. The monoisotopic (exact) mass is 385 g/mol. The zero-order valence-corrected chi connectivity index (χ0v) is 15.9. The molecule has 9 nitrogen and oxygen atoms in total. The first-order valence-corrected chi connectivity index (χ1v) is 9.85. The highest BCUT2D eigenvalue weighted by atomic mass is 16.6. The van der Waals surface area contributed by atoms with Crippen molar-refractivity contribution in [3.63, 3.8) is 0 Å². The van der Waals surface area contributed by atoms with Crippen LogP contribution in [-0.2, 0) is 4.79 Å². The molecule has 3 aliphatic rings. The molecule has 1 spiro atoms. The number of piperazine rings is 1. The molecule has 0 radical (unpaired) electrons. The van der Waals surface area contributed by atoms with Gasteiger partial charge in [-0.05, 0) is 38.0 Å². The summed E-state index contributed by atoms with van der Waals surface area (Å²) in [7, 11) is 0. The molecule has 3 rings (SSSR count). The van der Waals surface area contributed by atoms with Gasteiger partial charge in [-0.3, -0.25) is 14.3 Å². The van der Waals surface area contributed by atoms with E-state index < -0.39 is 22.9 Å². The maximum atomic E-state index is 12.5. The van der Waals surface area contributed by atoms with Crippen molar-refractivity contribution in [3.8, 4) is 0 Å². The number of nitrogens with zero attached hydrogens (tertiary/aromatic N) is 3. The van der Waals surface area contributed by atoms with Gasteiger partial charge in [0.1, 0.15) is 12.6 Å². The van der Waals surface area contributed by atoms with Gasteiger partial charge in [-0.25, -0.2) is 0 Å². The Balaban J connectivity index is 1.49. The number of β-amino-alcohol motifs (C(OH)–C–C–N with tert-alkyl or cyclic N) is 1. The lowest BCUT2D eigenvalue weighted by atomic mass is 9.90. The number of hydrogen-bond acceptors (Lipinski definition) is 6. The van der Waals surface area contributed by atoms with Crippen LogP contribution in [0.3, 0.4) is 0 Å². The number of rotatable bonds is 5. The number of amides is 2. The number of hydroxylamine groups is 3. The fourth-order valence-corrected chi connectivity index (χ4v) is 4.50. The number of carbonyl (C=O) groups excluding carboxylic acids is 1. The van der Waals surface area contributed by atoms with Crippen molar-refractivity contribution in [2.24, 2.45) is 5.41 Å². The molecule has 0 aromatic heterocycles. The Morgan fingerprint density at radius 3 is 2.48 bits per heavy atom. The molecular formula is C18H31N3O6. The first-order chi connectivity index (χ1) is 12.7. The second kappa shape index (κ2) is 7.63. The summed E-state index contributed by atoms with van der Waals surface area (Å²) in [6.45, 7) is 3.02. The van der Waals surface area contributed by atoms with E-state index in [1.165, 1.54) is 0 Å². The van der Waals surface area contributed by atoms with Crippen molar-refractivity contribution >= 4 is 12.0 Å². The zero-order valence-electron chi connectivity index (χ0n) is 15.9. The van der Waals surface area contributed by atoms with E-state index in [0.29, 0.717) is 19.5 Å². The maximum Gasteiger partial charge on any atom is 0.513 e. The van der Waals surface area contributed by atoms with Crippen LogP contribution < -0.4 is 0 Å². The minimum Gasteiger partial charge on any atom is -0.622 e. The Bertz CT molecular complexity index is 583. The molecule has 2 unspecified atom stereocenters. The number of aliphatic hydroxyl groups excluding tert-OH is 2. The molecule has 3 fully saturated rings. The third-order valence-electron chi connectivity index (χ3n) is 6.90. The highest BCUT2D eigenvalue weighted by molar-refractivity contribution is 5.76. The summed E-state index contributed by atoms with van der Waals surface area (Å²) in [6.07, 6.45) is 1.85. The molecule has 27 heavy (non-hydrogen) atoms. The van der Waals surface area contributed by atoms with Crippen molar-refractivity contribution in [2.75, 3.05) is 39.3 Å². The van der Waals surface area contributed by atoms with E-state index in [1.54, 1.807) is 11.8 Å². The summed E-state index contributed by atoms with van der Waals surface area (Å²) in [5.41, 5.74) is 0.0571. The number of aliphatic hydroxyl groups is 2. The highest BCUT2D eigenvalue weighted by Gasteiger charge is 2.51. The molecule has 1 aliphatic carbocycles. The van der Waals surface area contributed by atoms with Crippen molar-refractivity contribution in [1.82, 2.24) is 9.80 Å². The van der Waals surface area contributed by atoms with E-state index in [4.69, 9.17) is 5.11 Å². The largest absolute Gasteiger partial charge is 0.622 e. The van der Waals surface area contributed by atoms with Crippen LogP contribution in [0.2, 0.25) is 0 Å². The lowest BCUT2D eigenvalue weighted by Crippen LogP contribution is -2.65. The summed E-state index contributed by atoms with van der Waals surface area (Å²) in [5, 5.41) is 41.5. The van der Waals surface area contributed by atoms with Crippen LogP contribution >= 0.6 is 0 Å². The first-order valence-electron chi connectivity index (χ1n) is 9.85. The lowest BCUT2D eigenvalue weighted by Gasteiger charge is -2.49. The summed E-state index contributed by atoms with van der Waals surface area (Å²) < 4.78 is -1.26. The zero-order chi connectivity index (χ0) is 19.8. The van der Waals surface area contributed by atoms with Gasteiger partial charge in [0, 0.05) is 32.1 Å². The van der Waals surface area contributed by atoms with E-state index in [-0.39, 0.29) is 50.0 Å². The Morgan fingerprint density at radius 2 is 1.96 bits per heavy atom. The minimum atomic E-state index is -1.38. The molecule has 9 heteroatoms. The van der Waals surface area contributed by atoms with Gasteiger partial charge in [0.15, 0.2) is 0 Å². The van der Waals surface area contributed by atoms with E-state index in [1.807, 2.05) is 4.90 Å². The standard InChI is InChI=1S/C18H31N3O6/c1-13-10-19(8-9-21(13,27)17(25)26)14(12-22)2-3-16(24)20-7-6-18(4-5-18)15(23)11-20/h13-15,22-23H,2-12H2,1H3,(H,25,26)/t13?,14-,15+,21?/m0/s1. The Morgan fingerprint density at radius 1 is 1.26 bits per heavy atom. The number of piperidine rings is 1. The normalized spacial score (nSPS) is 34.4. The van der Waals surface area contributed by atoms with Crippen molar-refractivity contribution in [2.45, 2.75) is 57.2 Å². The molecule has 2 saturated heterocycles. The number of hydrogen-bond donors (Lipinski definition) is 3. The van der Waals surface area contributed by atoms with Crippen molar-refractivity contribution < 1.29 is 29.6 Å². The number of carboxylic acid groups (broad SMARTS) is 1. The van der Waals surface area contributed by atoms with Crippen LogP contribution in [0.5, 0.6) is 0 Å². The quantitative estimate of drug-likeness (QED) is 0.456. The second-order valence-electron chi connectivity index (χ2n) is 8.49. The summed E-state index contributed by atoms with van der Waals surface area (Å²) in [5.74, 6) is -0.0208. The fraction of sp³-hybridized carbons (Fsp3) is 0.889. The van der Waals surface area contributed by atoms with Crippen LogP contribution in [0, 0.1) is 10.6 Å². The molecule has 2 heterocycles. The van der Waals surface area contributed by atoms with Crippen molar-refractivity contribution in [1.29, 1.82) is 0 Å². The molecule has 2 amide bonds. The van der Waals surface area contributed by atoms with E-state index in [9.17, 15) is 25.0 Å². The highest BCUT2D eigenvalue weighted by Crippen LogP contribution is 2.53. The molecule has 3 N–H and O–H groups in total. The number of likely N-dealkylation sites (tertiary alicyclic amines) is 1. The van der Waals surface area contributed by atoms with Gasteiger partial charge >= 0.3 is 6.09 Å². The molecular weight excluding hydrogens is 354 g/mol. The van der Waals surface area contributed by atoms with Crippen LogP contribution in [0.25, 0.3) is 0 Å². The fourth-order valence-electron chi connectivity index (χ4n) is 4.50. The molecule has 2 aliphatic heterocycles. The average molecular weight is 385 g/mol. The van der Waals surface area contributed by atoms with Crippen LogP contribution in [-0.4, -0.2) is 99.3 Å². The van der Waals surface area contributed by atoms with E-state index in [2.05, 4.69) is 0 Å². The molecule has 0 bridgehead atoms. The Kier molecular flexibility index (Phi) is 5.79. The predicted octanol–water partition coefficient (Wildman–Crippen LogP) is 0.198. The lowest BCUT2D eigenvalue weighted by molar-refractivity contribution is -0.837. The van der Waals surface area contributed by atoms with Crippen LogP contribution in [0.1, 0.15) is 39.0 Å². The first kappa shape index (κ1) is 20.5. The Labute approximate surface area is 159 Å². The SMILES string of the molecule is CC1CN([C@H](CO)CCC(=O)N2CCC3(CC3)[C@H](O)C2)CC[N+]1([O-])C(=O)O. The molecule has 0 aromatic carbocycles. The smallest absolute Gasteiger partial charge is 0.513 e.